The minimum absolute atomic E-state index is 0.0250. The van der Waals surface area contributed by atoms with Gasteiger partial charge in [-0.3, -0.25) is 5.10 Å². The lowest BCUT2D eigenvalue weighted by molar-refractivity contribution is -0.365. The molecule has 8 nitrogen and oxygen atoms in total. The molecule has 1 saturated carbocycles. The zero-order valence-corrected chi connectivity index (χ0v) is 16.7. The minimum atomic E-state index is -0.900. The van der Waals surface area contributed by atoms with Gasteiger partial charge in [0.2, 0.25) is 6.33 Å². The number of pyridine rings is 1. The summed E-state index contributed by atoms with van der Waals surface area (Å²) in [4.78, 5) is 13.0. The summed E-state index contributed by atoms with van der Waals surface area (Å²) in [6.07, 6.45) is 9.33. The molecule has 0 spiro atoms. The lowest BCUT2D eigenvalue weighted by Crippen LogP contribution is -2.31. The van der Waals surface area contributed by atoms with Crippen LogP contribution in [0.5, 0.6) is 0 Å². The number of aromatic amines is 1. The zero-order valence-electron chi connectivity index (χ0n) is 16.7. The van der Waals surface area contributed by atoms with Crippen molar-refractivity contribution in [3.05, 3.63) is 60.3 Å². The number of aliphatic hydroxyl groups excluding tert-OH is 2. The van der Waals surface area contributed by atoms with E-state index in [9.17, 15) is 10.2 Å². The van der Waals surface area contributed by atoms with Gasteiger partial charge in [-0.25, -0.2) is 14.5 Å². The molecule has 4 aromatic rings. The standard InChI is InChI=1S/C23H21N6O2/c30-20-15(9-19(21(20)31)29-6-5-16-10-24-12-25-23(16)29)4-2-13-1-3-14-8-17-11-26-28-22(17)27-18(14)7-13/h1,3,5-8,10-12,15,20-21,30-31H,2,4,9H2,(H,26,27,28)/q+1/t15-,20+,21-/m0/s1. The van der Waals surface area contributed by atoms with E-state index in [2.05, 4.69) is 49.4 Å². The SMILES string of the molecule is O[C@@H]1[C@@H](CCc2ccc3cc4cn[nH]c4nc3c2)CC(=[N+]2C=Cc3cncnc32)[C@@H]1O. The number of H-pyrrole nitrogens is 1. The van der Waals surface area contributed by atoms with Crippen LogP contribution in [-0.4, -0.2) is 57.9 Å². The van der Waals surface area contributed by atoms with E-state index < -0.39 is 12.2 Å². The molecule has 31 heavy (non-hydrogen) atoms. The molecule has 0 unspecified atom stereocenters. The van der Waals surface area contributed by atoms with E-state index in [1.165, 1.54) is 6.33 Å². The Hall–Kier alpha value is -3.49. The van der Waals surface area contributed by atoms with E-state index in [4.69, 9.17) is 0 Å². The first-order chi connectivity index (χ1) is 15.2. The van der Waals surface area contributed by atoms with Crippen LogP contribution in [0.25, 0.3) is 28.0 Å². The van der Waals surface area contributed by atoms with Gasteiger partial charge in [-0.05, 0) is 47.5 Å². The average molecular weight is 413 g/mol. The van der Waals surface area contributed by atoms with E-state index in [0.29, 0.717) is 6.42 Å². The van der Waals surface area contributed by atoms with Crippen molar-refractivity contribution in [2.24, 2.45) is 5.92 Å². The predicted octanol–water partition coefficient (Wildman–Crippen LogP) is 2.34. The molecule has 1 aliphatic heterocycles. The number of hydrogen-bond donors (Lipinski definition) is 3. The Kier molecular flexibility index (Phi) is 4.15. The molecule has 3 aromatic heterocycles. The summed E-state index contributed by atoms with van der Waals surface area (Å²) in [5.41, 5.74) is 4.56. The molecule has 0 radical (unpaired) electrons. The van der Waals surface area contributed by atoms with Crippen molar-refractivity contribution in [3.63, 3.8) is 0 Å². The Labute approximate surface area is 177 Å². The molecule has 8 heteroatoms. The highest BCUT2D eigenvalue weighted by molar-refractivity contribution is 5.91. The van der Waals surface area contributed by atoms with Crippen LogP contribution in [-0.2, 0) is 6.42 Å². The van der Waals surface area contributed by atoms with Gasteiger partial charge in [0.1, 0.15) is 11.8 Å². The number of nitrogens with one attached hydrogen (secondary N) is 1. The second kappa shape index (κ2) is 7.04. The molecular weight excluding hydrogens is 392 g/mol. The fourth-order valence-electron chi connectivity index (χ4n) is 4.68. The summed E-state index contributed by atoms with van der Waals surface area (Å²) >= 11 is 0. The van der Waals surface area contributed by atoms with Crippen molar-refractivity contribution in [2.75, 3.05) is 0 Å². The molecular formula is C23H21N6O2+. The van der Waals surface area contributed by atoms with Crippen LogP contribution in [0.15, 0.2) is 49.2 Å². The lowest BCUT2D eigenvalue weighted by Gasteiger charge is -2.15. The summed E-state index contributed by atoms with van der Waals surface area (Å²) in [6.45, 7) is 0. The van der Waals surface area contributed by atoms with Crippen molar-refractivity contribution in [3.8, 4) is 0 Å². The number of nitrogens with zero attached hydrogens (tertiary/aromatic N) is 5. The van der Waals surface area contributed by atoms with Crippen LogP contribution in [0.3, 0.4) is 0 Å². The minimum Gasteiger partial charge on any atom is -0.390 e. The number of rotatable bonds is 3. The third kappa shape index (κ3) is 3.03. The van der Waals surface area contributed by atoms with Gasteiger partial charge in [0.25, 0.3) is 0 Å². The number of benzene rings is 1. The molecule has 1 fully saturated rings. The normalized spacial score (nSPS) is 25.0. The maximum absolute atomic E-state index is 10.7. The summed E-state index contributed by atoms with van der Waals surface area (Å²) in [6, 6.07) is 8.35. The Morgan fingerprint density at radius 2 is 2.06 bits per heavy atom. The largest absolute Gasteiger partial charge is 0.390 e. The van der Waals surface area contributed by atoms with Crippen LogP contribution in [0, 0.1) is 5.92 Å². The van der Waals surface area contributed by atoms with Crippen molar-refractivity contribution >= 4 is 39.5 Å². The molecule has 0 bridgehead atoms. The number of aryl methyl sites for hydroxylation is 1. The van der Waals surface area contributed by atoms with Gasteiger partial charge in [0.05, 0.1) is 29.6 Å². The van der Waals surface area contributed by atoms with Crippen LogP contribution in [0.4, 0.5) is 5.82 Å². The highest BCUT2D eigenvalue weighted by Crippen LogP contribution is 2.33. The summed E-state index contributed by atoms with van der Waals surface area (Å²) in [7, 11) is 0. The van der Waals surface area contributed by atoms with Gasteiger partial charge >= 0.3 is 5.82 Å². The third-order valence-electron chi connectivity index (χ3n) is 6.37. The summed E-state index contributed by atoms with van der Waals surface area (Å²) in [5.74, 6) is 0.727. The predicted molar refractivity (Wildman–Crippen MR) is 116 cm³/mol. The van der Waals surface area contributed by atoms with E-state index in [1.54, 1.807) is 12.4 Å². The van der Waals surface area contributed by atoms with E-state index in [-0.39, 0.29) is 5.92 Å². The topological polar surface area (TPSA) is 111 Å². The van der Waals surface area contributed by atoms with Crippen LogP contribution >= 0.6 is 0 Å². The highest BCUT2D eigenvalue weighted by atomic mass is 16.3. The zero-order chi connectivity index (χ0) is 20.9. The molecule has 3 atom stereocenters. The first-order valence-corrected chi connectivity index (χ1v) is 10.4. The van der Waals surface area contributed by atoms with Crippen LogP contribution in [0.1, 0.15) is 24.0 Å². The third-order valence-corrected chi connectivity index (χ3v) is 6.37. The number of aromatic nitrogens is 5. The van der Waals surface area contributed by atoms with Crippen molar-refractivity contribution in [1.29, 1.82) is 0 Å². The molecule has 1 aliphatic carbocycles. The summed E-state index contributed by atoms with van der Waals surface area (Å²) < 4.78 is 1.89. The average Bonchev–Trinajstić information content (AvgIpc) is 3.49. The monoisotopic (exact) mass is 413 g/mol. The van der Waals surface area contributed by atoms with Crippen LogP contribution < -0.4 is 0 Å². The van der Waals surface area contributed by atoms with E-state index in [0.717, 1.165) is 57.4 Å². The molecule has 154 valence electrons. The van der Waals surface area contributed by atoms with Crippen molar-refractivity contribution in [1.82, 2.24) is 25.1 Å². The maximum Gasteiger partial charge on any atom is 0.338 e. The molecule has 0 saturated heterocycles. The van der Waals surface area contributed by atoms with Crippen molar-refractivity contribution in [2.45, 2.75) is 31.5 Å². The molecule has 2 aliphatic rings. The second-order valence-electron chi connectivity index (χ2n) is 8.24. The van der Waals surface area contributed by atoms with Gasteiger partial charge in [-0.2, -0.15) is 5.10 Å². The van der Waals surface area contributed by atoms with Gasteiger partial charge in [0, 0.05) is 23.4 Å². The molecule has 4 heterocycles. The molecule has 0 amide bonds. The number of aliphatic hydroxyl groups is 2. The number of hydrogen-bond acceptors (Lipinski definition) is 6. The quantitative estimate of drug-likeness (QED) is 0.445. The number of fused-ring (bicyclic) bond motifs is 3. The Balaban J connectivity index is 1.23. The Bertz CT molecular complexity index is 1380. The second-order valence-corrected chi connectivity index (χ2v) is 8.24. The van der Waals surface area contributed by atoms with Crippen molar-refractivity contribution < 1.29 is 14.8 Å². The van der Waals surface area contributed by atoms with Gasteiger partial charge < -0.3 is 10.2 Å². The fourth-order valence-corrected chi connectivity index (χ4v) is 4.68. The van der Waals surface area contributed by atoms with E-state index in [1.807, 2.05) is 16.9 Å². The maximum atomic E-state index is 10.7. The smallest absolute Gasteiger partial charge is 0.338 e. The first-order valence-electron chi connectivity index (χ1n) is 10.4. The molecule has 6 rings (SSSR count). The van der Waals surface area contributed by atoms with E-state index >= 15 is 0 Å². The van der Waals surface area contributed by atoms with Crippen LogP contribution in [0.2, 0.25) is 0 Å². The lowest BCUT2D eigenvalue weighted by atomic mass is 9.95. The Morgan fingerprint density at radius 3 is 3.00 bits per heavy atom. The van der Waals surface area contributed by atoms with Gasteiger partial charge in [-0.15, -0.1) is 0 Å². The molecule has 1 aromatic carbocycles. The first kappa shape index (κ1) is 18.3. The van der Waals surface area contributed by atoms with Gasteiger partial charge in [-0.1, -0.05) is 12.1 Å². The molecule has 3 N–H and O–H groups in total. The Morgan fingerprint density at radius 1 is 1.13 bits per heavy atom. The summed E-state index contributed by atoms with van der Waals surface area (Å²) in [5, 5.41) is 30.4. The fraction of sp³-hybridized carbons (Fsp3) is 0.261. The highest BCUT2D eigenvalue weighted by Gasteiger charge is 2.42. The van der Waals surface area contributed by atoms with Gasteiger partial charge in [0.15, 0.2) is 5.65 Å².